The van der Waals surface area contributed by atoms with E-state index in [9.17, 15) is 4.79 Å². The van der Waals surface area contributed by atoms with Crippen molar-refractivity contribution in [2.24, 2.45) is 0 Å². The average molecular weight is 301 g/mol. The van der Waals surface area contributed by atoms with Gasteiger partial charge in [0.1, 0.15) is 0 Å². The molecule has 2 rings (SSSR count). The zero-order valence-corrected chi connectivity index (χ0v) is 13.5. The first-order valence-electron chi connectivity index (χ1n) is 6.66. The van der Waals surface area contributed by atoms with Crippen LogP contribution in [-0.4, -0.2) is 27.2 Å². The van der Waals surface area contributed by atoms with Crippen LogP contribution in [0.1, 0.15) is 11.8 Å². The summed E-state index contributed by atoms with van der Waals surface area (Å²) in [6, 6.07) is 12.4. The van der Waals surface area contributed by atoms with Crippen LogP contribution in [-0.2, 0) is 9.53 Å². The maximum Gasteiger partial charge on any atom is 0.330 e. The first-order chi connectivity index (χ1) is 10.0. The standard InChI is InChI=1S/C17H19NO2S/c1-12(11-17(19)20-4)15-9-10-16(21-15)13-7-5-6-8-14(13)18(2)3/h5-11H,1-4H3/b12-11+. The smallest absolute Gasteiger partial charge is 0.330 e. The first-order valence-corrected chi connectivity index (χ1v) is 7.47. The van der Waals surface area contributed by atoms with Crippen molar-refractivity contribution in [2.45, 2.75) is 6.92 Å². The van der Waals surface area contributed by atoms with Crippen LogP contribution in [0.2, 0.25) is 0 Å². The number of hydrogen-bond donors (Lipinski definition) is 0. The van der Waals surface area contributed by atoms with Gasteiger partial charge in [0.2, 0.25) is 0 Å². The monoisotopic (exact) mass is 301 g/mol. The van der Waals surface area contributed by atoms with Crippen LogP contribution in [0.25, 0.3) is 16.0 Å². The molecule has 0 atom stereocenters. The molecule has 1 aromatic heterocycles. The van der Waals surface area contributed by atoms with Crippen molar-refractivity contribution in [1.29, 1.82) is 0 Å². The Morgan fingerprint density at radius 2 is 1.90 bits per heavy atom. The molecule has 0 aliphatic rings. The maximum atomic E-state index is 11.3. The number of carbonyl (C=O) groups excluding carboxylic acids is 1. The van der Waals surface area contributed by atoms with E-state index in [2.05, 4.69) is 27.8 Å². The van der Waals surface area contributed by atoms with E-state index in [0.717, 1.165) is 10.5 Å². The molecule has 0 fully saturated rings. The van der Waals surface area contributed by atoms with Crippen LogP contribution >= 0.6 is 11.3 Å². The van der Waals surface area contributed by atoms with E-state index in [0.29, 0.717) is 0 Å². The van der Waals surface area contributed by atoms with Gasteiger partial charge in [-0.1, -0.05) is 18.2 Å². The zero-order chi connectivity index (χ0) is 15.4. The maximum absolute atomic E-state index is 11.3. The van der Waals surface area contributed by atoms with E-state index in [1.165, 1.54) is 29.3 Å². The van der Waals surface area contributed by atoms with E-state index in [1.807, 2.05) is 39.2 Å². The number of esters is 1. The van der Waals surface area contributed by atoms with Gasteiger partial charge < -0.3 is 9.64 Å². The predicted octanol–water partition coefficient (Wildman–Crippen LogP) is 4.06. The summed E-state index contributed by atoms with van der Waals surface area (Å²) in [7, 11) is 5.46. The number of carbonyl (C=O) groups is 1. The van der Waals surface area contributed by atoms with Crippen LogP contribution < -0.4 is 4.90 Å². The Morgan fingerprint density at radius 3 is 2.57 bits per heavy atom. The second kappa shape index (κ2) is 6.59. The van der Waals surface area contributed by atoms with Gasteiger partial charge in [-0.3, -0.25) is 0 Å². The molecule has 2 aromatic rings. The lowest BCUT2D eigenvalue weighted by Gasteiger charge is -2.16. The third-order valence-electron chi connectivity index (χ3n) is 3.18. The summed E-state index contributed by atoms with van der Waals surface area (Å²) in [5.74, 6) is -0.323. The van der Waals surface area contributed by atoms with Crippen LogP contribution in [0, 0.1) is 0 Å². The lowest BCUT2D eigenvalue weighted by Crippen LogP contribution is -2.09. The normalized spacial score (nSPS) is 11.3. The van der Waals surface area contributed by atoms with E-state index in [-0.39, 0.29) is 5.97 Å². The van der Waals surface area contributed by atoms with Gasteiger partial charge in [0.15, 0.2) is 0 Å². The van der Waals surface area contributed by atoms with Crippen LogP contribution in [0.4, 0.5) is 5.69 Å². The van der Waals surface area contributed by atoms with Gasteiger partial charge in [0, 0.05) is 41.2 Å². The molecule has 1 aromatic carbocycles. The van der Waals surface area contributed by atoms with Crippen LogP contribution in [0.5, 0.6) is 0 Å². The highest BCUT2D eigenvalue weighted by Crippen LogP contribution is 2.36. The van der Waals surface area contributed by atoms with E-state index in [1.54, 1.807) is 11.3 Å². The molecule has 4 heteroatoms. The summed E-state index contributed by atoms with van der Waals surface area (Å²) in [6.07, 6.45) is 1.52. The minimum atomic E-state index is -0.323. The van der Waals surface area contributed by atoms with E-state index < -0.39 is 0 Å². The summed E-state index contributed by atoms with van der Waals surface area (Å²) in [6.45, 7) is 1.92. The third kappa shape index (κ3) is 3.52. The largest absolute Gasteiger partial charge is 0.466 e. The van der Waals surface area contributed by atoms with Gasteiger partial charge in [-0.2, -0.15) is 0 Å². The quantitative estimate of drug-likeness (QED) is 0.630. The number of allylic oxidation sites excluding steroid dienone is 1. The fraction of sp³-hybridized carbons (Fsp3) is 0.235. The van der Waals surface area contributed by atoms with Crippen molar-refractivity contribution in [3.05, 3.63) is 47.4 Å². The van der Waals surface area contributed by atoms with Crippen molar-refractivity contribution in [3.63, 3.8) is 0 Å². The van der Waals surface area contributed by atoms with Gasteiger partial charge in [0.25, 0.3) is 0 Å². The molecule has 0 unspecified atom stereocenters. The summed E-state index contributed by atoms with van der Waals surface area (Å²) < 4.78 is 4.67. The molecule has 0 spiro atoms. The molecule has 0 amide bonds. The molecule has 0 saturated heterocycles. The number of thiophene rings is 1. The summed E-state index contributed by atoms with van der Waals surface area (Å²) in [5.41, 5.74) is 3.30. The number of anilines is 1. The fourth-order valence-corrected chi connectivity index (χ4v) is 3.08. The molecule has 1 heterocycles. The lowest BCUT2D eigenvalue weighted by atomic mass is 10.1. The number of rotatable bonds is 4. The van der Waals surface area contributed by atoms with E-state index >= 15 is 0 Å². The number of hydrogen-bond acceptors (Lipinski definition) is 4. The lowest BCUT2D eigenvalue weighted by molar-refractivity contribution is -0.134. The molecule has 0 aliphatic heterocycles. The molecule has 0 aliphatic carbocycles. The highest BCUT2D eigenvalue weighted by Gasteiger charge is 2.10. The molecule has 0 saturated carbocycles. The Kier molecular flexibility index (Phi) is 4.81. The first kappa shape index (κ1) is 15.3. The second-order valence-electron chi connectivity index (χ2n) is 4.93. The van der Waals surface area contributed by atoms with Crippen molar-refractivity contribution < 1.29 is 9.53 Å². The Hall–Kier alpha value is -2.07. The molecule has 0 bridgehead atoms. The van der Waals surface area contributed by atoms with Gasteiger partial charge in [0.05, 0.1) is 7.11 Å². The van der Waals surface area contributed by atoms with Crippen LogP contribution in [0.15, 0.2) is 42.5 Å². The number of nitrogens with zero attached hydrogens (tertiary/aromatic N) is 1. The number of para-hydroxylation sites is 1. The molecular formula is C17H19NO2S. The third-order valence-corrected chi connectivity index (χ3v) is 4.44. The van der Waals surface area contributed by atoms with Crippen LogP contribution in [0.3, 0.4) is 0 Å². The molecule has 0 N–H and O–H groups in total. The number of ether oxygens (including phenoxy) is 1. The topological polar surface area (TPSA) is 29.5 Å². The molecule has 110 valence electrons. The Balaban J connectivity index is 2.37. The minimum Gasteiger partial charge on any atom is -0.466 e. The van der Waals surface area contributed by atoms with Crippen molar-refractivity contribution >= 4 is 28.6 Å². The summed E-state index contributed by atoms with van der Waals surface area (Å²) >= 11 is 1.68. The second-order valence-corrected chi connectivity index (χ2v) is 6.01. The van der Waals surface area contributed by atoms with Crippen molar-refractivity contribution in [2.75, 3.05) is 26.1 Å². The Labute approximate surface area is 129 Å². The highest BCUT2D eigenvalue weighted by atomic mass is 32.1. The van der Waals surface area contributed by atoms with Gasteiger partial charge in [-0.15, -0.1) is 11.3 Å². The van der Waals surface area contributed by atoms with E-state index in [4.69, 9.17) is 0 Å². The predicted molar refractivity (Wildman–Crippen MR) is 89.7 cm³/mol. The van der Waals surface area contributed by atoms with Crippen molar-refractivity contribution in [3.8, 4) is 10.4 Å². The molecular weight excluding hydrogens is 282 g/mol. The average Bonchev–Trinajstić information content (AvgIpc) is 2.96. The van der Waals surface area contributed by atoms with Gasteiger partial charge in [-0.05, 0) is 30.7 Å². The number of benzene rings is 1. The van der Waals surface area contributed by atoms with Gasteiger partial charge >= 0.3 is 5.97 Å². The zero-order valence-electron chi connectivity index (χ0n) is 12.7. The Bertz CT molecular complexity index is 671. The van der Waals surface area contributed by atoms with Crippen molar-refractivity contribution in [1.82, 2.24) is 0 Å². The fourth-order valence-electron chi connectivity index (χ4n) is 2.07. The highest BCUT2D eigenvalue weighted by molar-refractivity contribution is 7.16. The summed E-state index contributed by atoms with van der Waals surface area (Å²) in [5, 5.41) is 0. The SMILES string of the molecule is COC(=O)/C=C(\C)c1ccc(-c2ccccc2N(C)C)s1. The molecule has 0 radical (unpaired) electrons. The number of methoxy groups -OCH3 is 1. The van der Waals surface area contributed by atoms with Gasteiger partial charge in [-0.25, -0.2) is 4.79 Å². The molecule has 21 heavy (non-hydrogen) atoms. The minimum absolute atomic E-state index is 0.323. The Morgan fingerprint density at radius 1 is 1.19 bits per heavy atom. The summed E-state index contributed by atoms with van der Waals surface area (Å²) in [4.78, 5) is 15.7. The molecule has 3 nitrogen and oxygen atoms in total.